The molecule has 0 aliphatic rings. The van der Waals surface area contributed by atoms with Crippen LogP contribution in [0.25, 0.3) is 106 Å². The third-order valence-electron chi connectivity index (χ3n) is 15.6. The number of hydrogen-bond acceptors (Lipinski definition) is 26. The molecule has 0 atom stereocenters. The Hall–Kier alpha value is -15.0. The number of pyridine rings is 1. The van der Waals surface area contributed by atoms with Gasteiger partial charge >= 0.3 is 35.8 Å². The number of methoxy groups -OCH3 is 1. The first-order chi connectivity index (χ1) is 61.6. The third-order valence-corrected chi connectivity index (χ3v) is 16.8. The molecule has 656 valence electrons. The number of hydrogen-bond donors (Lipinski definition) is 0. The lowest BCUT2D eigenvalue weighted by atomic mass is 10.1. The highest BCUT2D eigenvalue weighted by Gasteiger charge is 2.14. The number of rotatable bonds is 26. The van der Waals surface area contributed by atoms with Gasteiger partial charge in [-0.3, -0.25) is 4.98 Å². The van der Waals surface area contributed by atoms with Crippen LogP contribution in [0.15, 0.2) is 269 Å². The van der Waals surface area contributed by atoms with Crippen LogP contribution in [0.4, 0.5) is 0 Å². The molecule has 0 radical (unpaired) electrons. The van der Waals surface area contributed by atoms with Crippen molar-refractivity contribution >= 4 is 131 Å². The van der Waals surface area contributed by atoms with Crippen molar-refractivity contribution in [2.75, 3.05) is 13.7 Å². The van der Waals surface area contributed by atoms with E-state index in [2.05, 4.69) is 65.5 Å². The van der Waals surface area contributed by atoms with Gasteiger partial charge in [0.05, 0.1) is 37.7 Å². The molecule has 7 aromatic heterocycles. The van der Waals surface area contributed by atoms with Crippen molar-refractivity contribution in [1.29, 1.82) is 0 Å². The van der Waals surface area contributed by atoms with Crippen LogP contribution in [-0.2, 0) is 59.1 Å². The summed E-state index contributed by atoms with van der Waals surface area (Å²) < 4.78 is 43.8. The molecule has 7 heterocycles. The molecular weight excluding hydrogens is 1740 g/mol. The average Bonchev–Trinajstić information content (AvgIpc) is 1.68. The van der Waals surface area contributed by atoms with Crippen LogP contribution < -0.4 is 9.47 Å². The van der Waals surface area contributed by atoms with Crippen LogP contribution in [0.3, 0.4) is 0 Å². The van der Waals surface area contributed by atoms with Gasteiger partial charge in [0.1, 0.15) is 56.1 Å². The molecule has 128 heavy (non-hydrogen) atoms. The van der Waals surface area contributed by atoms with Crippen molar-refractivity contribution in [3.05, 3.63) is 305 Å². The van der Waals surface area contributed by atoms with Gasteiger partial charge in [-0.1, -0.05) is 155 Å². The average molecular weight is 1830 g/mol. The number of para-hydroxylation sites is 1. The summed E-state index contributed by atoms with van der Waals surface area (Å²) in [5.74, 6) is 1.68. The summed E-state index contributed by atoms with van der Waals surface area (Å²) in [5, 5.41) is 28.5. The van der Waals surface area contributed by atoms with Crippen LogP contribution in [0.5, 0.6) is 11.5 Å². The Morgan fingerprint density at radius 1 is 0.328 bits per heavy atom. The number of carbonyl (C=O) groups is 6. The first-order valence-corrected chi connectivity index (χ1v) is 40.7. The maximum atomic E-state index is 11.7. The summed E-state index contributed by atoms with van der Waals surface area (Å²) >= 11 is 29.7. The number of carbonyl (C=O) groups excluding carboxylic acids is 6. The number of ether oxygens (including phenoxy) is 7. The van der Waals surface area contributed by atoms with Gasteiger partial charge in [-0.2, -0.15) is 0 Å². The zero-order valence-electron chi connectivity index (χ0n) is 70.2. The first-order valence-electron chi connectivity index (χ1n) is 38.8. The molecule has 0 saturated heterocycles. The fraction of sp³-hybridized carbons (Fsp3) is 0.154. The van der Waals surface area contributed by atoms with Gasteiger partial charge in [-0.05, 0) is 152 Å². The molecule has 0 aliphatic carbocycles. The molecular formula is C91H84Cl5N19O13. The maximum absolute atomic E-state index is 11.7. The van der Waals surface area contributed by atoms with Gasteiger partial charge in [-0.25, -0.2) is 86.8 Å². The van der Waals surface area contributed by atoms with E-state index in [1.165, 1.54) is 133 Å². The zero-order chi connectivity index (χ0) is 91.7. The lowest BCUT2D eigenvalue weighted by Gasteiger charge is -2.03. The van der Waals surface area contributed by atoms with Crippen LogP contribution in [0.2, 0.25) is 25.1 Å². The normalized spacial score (nSPS) is 11.0. The molecule has 0 fully saturated rings. The highest BCUT2D eigenvalue weighted by molar-refractivity contribution is 6.32. The van der Waals surface area contributed by atoms with Crippen molar-refractivity contribution < 1.29 is 61.9 Å². The minimum absolute atomic E-state index is 0.120. The number of aryl methyl sites for hydroxylation is 1. The van der Waals surface area contributed by atoms with Crippen molar-refractivity contribution in [3.8, 4) is 79.8 Å². The van der Waals surface area contributed by atoms with Gasteiger partial charge in [-0.15, -0.1) is 30.6 Å². The Morgan fingerprint density at radius 2 is 0.648 bits per heavy atom. The van der Waals surface area contributed by atoms with Crippen LogP contribution in [0, 0.1) is 6.92 Å². The lowest BCUT2D eigenvalue weighted by Crippen LogP contribution is -2.08. The highest BCUT2D eigenvalue weighted by atomic mass is 35.5. The number of aromatic nitrogens is 19. The Balaban J connectivity index is 0.000000174. The second-order valence-corrected chi connectivity index (χ2v) is 29.0. The monoisotopic (exact) mass is 1830 g/mol. The summed E-state index contributed by atoms with van der Waals surface area (Å²) in [6, 6.07) is 56.4. The fourth-order valence-corrected chi connectivity index (χ4v) is 11.1. The Labute approximate surface area is 760 Å². The standard InChI is InChI=1S/C17H13ClN4O2.C17H12ClN3O2.C15H16ClN3O3.C15H17N3O2.C14H14ClN3O2.C13H12ClN3O2/c18-14-5-3-4-13(10-14)17-20-12-22(21-17)9-7-16(23)24-11-15-6-1-2-8-19-15;18-14-6-4-5-13(11-14)17-19-12-21(20-17)10-9-16(22)23-15-7-2-1-3-8-15;1-10(2)22-14(20)4-5-19-9-17-15(18-19)11-6-12(16)8-13(7-11)21-3;1-11(2)20-14(19)7-8-18-10-16-15(17-18)13-6-4-5-12(3)9-13;1-10(2)20-13(19)6-7-18-9-16-14(17-18)11-4-3-5-12(15)8-11;1-2-19-12(18)6-7-17-9-15-13(16-17)10-4-3-5-11(14)8-10/h1-10,12H,11H2;1-12H;4-10H,1-3H3;4-11H,1-3H3;3-10H,1-2H3;3-9H,2H2,1H3/b9-7-;10-9-;5-4-;8-7-;2*7-6-. The maximum Gasteiger partial charge on any atom is 0.337 e. The first kappa shape index (κ1) is 96.9. The molecule has 0 N–H and O–H groups in total. The highest BCUT2D eigenvalue weighted by Crippen LogP contribution is 2.28. The predicted molar refractivity (Wildman–Crippen MR) is 487 cm³/mol. The second-order valence-electron chi connectivity index (χ2n) is 26.8. The quantitative estimate of drug-likeness (QED) is 0.0210. The second kappa shape index (κ2) is 50.7. The number of esters is 6. The van der Waals surface area contributed by atoms with Crippen molar-refractivity contribution in [2.24, 2.45) is 0 Å². The van der Waals surface area contributed by atoms with E-state index in [9.17, 15) is 28.8 Å². The molecule has 0 spiro atoms. The minimum Gasteiger partial charge on any atom is -0.497 e. The van der Waals surface area contributed by atoms with E-state index in [0.717, 1.165) is 38.9 Å². The van der Waals surface area contributed by atoms with Crippen molar-refractivity contribution in [2.45, 2.75) is 80.3 Å². The summed E-state index contributed by atoms with van der Waals surface area (Å²) in [6.07, 6.45) is 27.0. The Kier molecular flexibility index (Phi) is 38.4. The predicted octanol–water partition coefficient (Wildman–Crippen LogP) is 18.2. The number of nitrogens with zero attached hydrogens (tertiary/aromatic N) is 19. The topological polar surface area (TPSA) is 364 Å². The van der Waals surface area contributed by atoms with E-state index < -0.39 is 35.8 Å². The number of halogens is 5. The summed E-state index contributed by atoms with van der Waals surface area (Å²) in [5.41, 5.74) is 6.73. The van der Waals surface area contributed by atoms with Gasteiger partial charge in [0, 0.05) is 138 Å². The lowest BCUT2D eigenvalue weighted by molar-refractivity contribution is -0.142. The van der Waals surface area contributed by atoms with E-state index in [0.29, 0.717) is 83.9 Å². The molecule has 14 rings (SSSR count). The summed E-state index contributed by atoms with van der Waals surface area (Å²) in [4.78, 5) is 97.8. The van der Waals surface area contributed by atoms with E-state index in [1.54, 1.807) is 171 Å². The van der Waals surface area contributed by atoms with Crippen LogP contribution in [0.1, 0.15) is 59.7 Å². The fourth-order valence-electron chi connectivity index (χ4n) is 10.1. The van der Waals surface area contributed by atoms with Gasteiger partial charge in [0.2, 0.25) is 0 Å². The molecule has 14 aromatic rings. The molecule has 0 aliphatic heterocycles. The largest absolute Gasteiger partial charge is 0.497 e. The molecule has 0 saturated carbocycles. The van der Waals surface area contributed by atoms with E-state index in [4.69, 9.17) is 91.2 Å². The Bertz CT molecular complexity index is 6070. The molecule has 32 nitrogen and oxygen atoms in total. The van der Waals surface area contributed by atoms with E-state index >= 15 is 0 Å². The zero-order valence-corrected chi connectivity index (χ0v) is 74.0. The van der Waals surface area contributed by atoms with Crippen LogP contribution in [-0.4, -0.2) is 161 Å². The molecule has 7 aromatic carbocycles. The number of benzene rings is 7. The molecule has 0 amide bonds. The SMILES string of the molecule is CC(C)OC(=O)/C=C\n1cnc(-c2cccc(Cl)c2)n1.CCOC(=O)/C=C\n1cnc(-c2cccc(Cl)c2)n1.COc1cc(Cl)cc(-c2ncn(/C=C\C(=O)OC(C)C)n2)c1.Cc1cccc(-c2ncn(/C=C\C(=O)OC(C)C)n2)c1.O=C(/C=C\n1cnc(-c2cccc(Cl)c2)n1)OCc1ccccn1.O=C(/C=C\n1cnc(-c2cccc(Cl)c2)n1)Oc1ccccc1. The smallest absolute Gasteiger partial charge is 0.337 e. The van der Waals surface area contributed by atoms with Crippen molar-refractivity contribution in [3.63, 3.8) is 0 Å². The molecule has 0 bridgehead atoms. The van der Waals surface area contributed by atoms with E-state index in [-0.39, 0.29) is 24.9 Å². The molecule has 37 heteroatoms. The van der Waals surface area contributed by atoms with Crippen molar-refractivity contribution in [1.82, 2.24) is 93.6 Å². The van der Waals surface area contributed by atoms with E-state index in [1.807, 2.05) is 91.9 Å². The van der Waals surface area contributed by atoms with Gasteiger partial charge in [0.15, 0.2) is 34.9 Å². The van der Waals surface area contributed by atoms with Gasteiger partial charge < -0.3 is 33.2 Å². The molecule has 0 unspecified atom stereocenters. The van der Waals surface area contributed by atoms with Gasteiger partial charge in [0.25, 0.3) is 0 Å². The minimum atomic E-state index is -0.490. The summed E-state index contributed by atoms with van der Waals surface area (Å²) in [7, 11) is 1.56. The van der Waals surface area contributed by atoms with Crippen LogP contribution >= 0.6 is 58.0 Å². The summed E-state index contributed by atoms with van der Waals surface area (Å²) in [6.45, 7) is 15.0. The third kappa shape index (κ3) is 34.6. The Morgan fingerprint density at radius 3 is 0.977 bits per heavy atom.